The molecule has 0 unspecified atom stereocenters. The highest BCUT2D eigenvalue weighted by atomic mass is 16.3. The van der Waals surface area contributed by atoms with Crippen LogP contribution in [0.4, 0.5) is 0 Å². The molecule has 2 rings (SSSR count). The van der Waals surface area contributed by atoms with Crippen LogP contribution in [0.5, 0.6) is 0 Å². The average Bonchev–Trinajstić information content (AvgIpc) is 2.41. The van der Waals surface area contributed by atoms with Gasteiger partial charge >= 0.3 is 0 Å². The van der Waals surface area contributed by atoms with Crippen LogP contribution >= 0.6 is 0 Å². The molecule has 0 aromatic rings. The lowest BCUT2D eigenvalue weighted by molar-refractivity contribution is 0.0361. The van der Waals surface area contributed by atoms with Gasteiger partial charge in [0.05, 0.1) is 11.6 Å². The van der Waals surface area contributed by atoms with Crippen molar-refractivity contribution in [2.75, 3.05) is 13.1 Å². The van der Waals surface area contributed by atoms with Crippen molar-refractivity contribution in [3.63, 3.8) is 0 Å². The molecule has 2 aliphatic heterocycles. The molecule has 2 heteroatoms. The maximum absolute atomic E-state index is 10.3. The molecule has 0 saturated carbocycles. The van der Waals surface area contributed by atoms with Gasteiger partial charge in [0.1, 0.15) is 0 Å². The van der Waals surface area contributed by atoms with E-state index in [-0.39, 0.29) is 11.5 Å². The van der Waals surface area contributed by atoms with Gasteiger partial charge in [0.15, 0.2) is 0 Å². The van der Waals surface area contributed by atoms with Crippen molar-refractivity contribution in [3.8, 4) is 0 Å². The lowest BCUT2D eigenvalue weighted by Crippen LogP contribution is -2.44. The van der Waals surface area contributed by atoms with Crippen molar-refractivity contribution < 1.29 is 5.11 Å². The van der Waals surface area contributed by atoms with Gasteiger partial charge in [0.25, 0.3) is 0 Å². The van der Waals surface area contributed by atoms with Gasteiger partial charge < -0.3 is 5.11 Å². The van der Waals surface area contributed by atoms with Gasteiger partial charge in [0.2, 0.25) is 0 Å². The summed E-state index contributed by atoms with van der Waals surface area (Å²) >= 11 is 0. The van der Waals surface area contributed by atoms with E-state index in [2.05, 4.69) is 31.7 Å². The molecule has 0 aromatic carbocycles. The standard InChI is InChI=1S/C13H23NO/c1-12(2,3)10-5-7-14-8-6-13(4,15)11(14)9-10/h9,11,15H,5-8H2,1-4H3/t11-,13-/m0/s1. The van der Waals surface area contributed by atoms with E-state index in [1.54, 1.807) is 0 Å². The zero-order valence-electron chi connectivity index (χ0n) is 10.4. The first kappa shape index (κ1) is 11.2. The molecule has 0 spiro atoms. The fourth-order valence-corrected chi connectivity index (χ4v) is 2.75. The summed E-state index contributed by atoms with van der Waals surface area (Å²) in [4.78, 5) is 2.41. The third kappa shape index (κ3) is 1.98. The zero-order valence-corrected chi connectivity index (χ0v) is 10.4. The summed E-state index contributed by atoms with van der Waals surface area (Å²) in [6.07, 6.45) is 4.39. The summed E-state index contributed by atoms with van der Waals surface area (Å²) in [6.45, 7) is 10.9. The molecule has 1 N–H and O–H groups in total. The monoisotopic (exact) mass is 209 g/mol. The Bertz CT molecular complexity index is 285. The number of nitrogens with zero attached hydrogens (tertiary/aromatic N) is 1. The van der Waals surface area contributed by atoms with Crippen LogP contribution in [0.15, 0.2) is 11.6 Å². The second-order valence-corrected chi connectivity index (χ2v) is 6.28. The Morgan fingerprint density at radius 1 is 1.40 bits per heavy atom. The Morgan fingerprint density at radius 3 is 2.67 bits per heavy atom. The van der Waals surface area contributed by atoms with E-state index in [1.165, 1.54) is 5.57 Å². The number of aliphatic hydroxyl groups is 1. The van der Waals surface area contributed by atoms with Crippen molar-refractivity contribution in [2.24, 2.45) is 5.41 Å². The molecule has 15 heavy (non-hydrogen) atoms. The summed E-state index contributed by atoms with van der Waals surface area (Å²) < 4.78 is 0. The van der Waals surface area contributed by atoms with E-state index in [0.717, 1.165) is 25.9 Å². The predicted molar refractivity (Wildman–Crippen MR) is 62.8 cm³/mol. The minimum atomic E-state index is -0.517. The molecule has 2 atom stereocenters. The van der Waals surface area contributed by atoms with Gasteiger partial charge in [0, 0.05) is 13.1 Å². The van der Waals surface area contributed by atoms with Crippen molar-refractivity contribution in [3.05, 3.63) is 11.6 Å². The summed E-state index contributed by atoms with van der Waals surface area (Å²) in [5.74, 6) is 0. The first-order valence-corrected chi connectivity index (χ1v) is 5.98. The molecule has 0 aromatic heterocycles. The predicted octanol–water partition coefficient (Wildman–Crippen LogP) is 2.19. The fraction of sp³-hybridized carbons (Fsp3) is 0.846. The quantitative estimate of drug-likeness (QED) is 0.618. The molecule has 2 heterocycles. The van der Waals surface area contributed by atoms with Gasteiger partial charge in [-0.2, -0.15) is 0 Å². The van der Waals surface area contributed by atoms with Crippen LogP contribution in [0.2, 0.25) is 0 Å². The van der Waals surface area contributed by atoms with Crippen LogP contribution in [-0.4, -0.2) is 34.7 Å². The maximum Gasteiger partial charge on any atom is 0.0822 e. The minimum absolute atomic E-state index is 0.250. The number of rotatable bonds is 0. The van der Waals surface area contributed by atoms with E-state index >= 15 is 0 Å². The lowest BCUT2D eigenvalue weighted by Gasteiger charge is -2.37. The third-order valence-electron chi connectivity index (χ3n) is 3.93. The molecule has 0 bridgehead atoms. The van der Waals surface area contributed by atoms with Crippen LogP contribution in [-0.2, 0) is 0 Å². The smallest absolute Gasteiger partial charge is 0.0822 e. The SMILES string of the molecule is CC(C)(C)C1=C[C@@H]2N(CC1)CC[C@]2(C)O. The van der Waals surface area contributed by atoms with Gasteiger partial charge in [-0.25, -0.2) is 0 Å². The average molecular weight is 209 g/mol. The summed E-state index contributed by atoms with van der Waals surface area (Å²) in [6, 6.07) is 0.250. The van der Waals surface area contributed by atoms with Gasteiger partial charge in [-0.1, -0.05) is 32.4 Å². The van der Waals surface area contributed by atoms with Crippen LogP contribution < -0.4 is 0 Å². The van der Waals surface area contributed by atoms with Crippen LogP contribution in [0.3, 0.4) is 0 Å². The number of fused-ring (bicyclic) bond motifs is 1. The van der Waals surface area contributed by atoms with Crippen molar-refractivity contribution in [1.82, 2.24) is 4.90 Å². The zero-order chi connectivity index (χ0) is 11.3. The normalized spacial score (nSPS) is 37.7. The van der Waals surface area contributed by atoms with Gasteiger partial charge in [-0.15, -0.1) is 0 Å². The van der Waals surface area contributed by atoms with Crippen LogP contribution in [0, 0.1) is 5.41 Å². The molecule has 2 nitrogen and oxygen atoms in total. The van der Waals surface area contributed by atoms with Crippen LogP contribution in [0.25, 0.3) is 0 Å². The molecule has 1 saturated heterocycles. The highest BCUT2D eigenvalue weighted by Crippen LogP contribution is 2.38. The largest absolute Gasteiger partial charge is 0.388 e. The fourth-order valence-electron chi connectivity index (χ4n) is 2.75. The maximum atomic E-state index is 10.3. The topological polar surface area (TPSA) is 23.5 Å². The van der Waals surface area contributed by atoms with Gasteiger partial charge in [-0.05, 0) is 25.2 Å². The van der Waals surface area contributed by atoms with E-state index < -0.39 is 5.60 Å². The third-order valence-corrected chi connectivity index (χ3v) is 3.93. The summed E-state index contributed by atoms with van der Waals surface area (Å²) in [5, 5.41) is 10.3. The Kier molecular flexibility index (Phi) is 2.47. The van der Waals surface area contributed by atoms with Crippen molar-refractivity contribution in [2.45, 2.75) is 52.2 Å². The van der Waals surface area contributed by atoms with Crippen LogP contribution in [0.1, 0.15) is 40.5 Å². The Labute approximate surface area is 93.0 Å². The Morgan fingerprint density at radius 2 is 2.07 bits per heavy atom. The molecule has 2 aliphatic rings. The van der Waals surface area contributed by atoms with Crippen molar-refractivity contribution in [1.29, 1.82) is 0 Å². The van der Waals surface area contributed by atoms with E-state index in [9.17, 15) is 5.11 Å². The van der Waals surface area contributed by atoms with Gasteiger partial charge in [-0.3, -0.25) is 4.90 Å². The summed E-state index contributed by atoms with van der Waals surface area (Å²) in [5.41, 5.74) is 1.24. The van der Waals surface area contributed by atoms with Crippen molar-refractivity contribution >= 4 is 0 Å². The summed E-state index contributed by atoms with van der Waals surface area (Å²) in [7, 11) is 0. The second-order valence-electron chi connectivity index (χ2n) is 6.28. The number of hydrogen-bond donors (Lipinski definition) is 1. The molecule has 0 amide bonds. The first-order valence-electron chi connectivity index (χ1n) is 5.98. The molecule has 86 valence electrons. The Balaban J connectivity index is 2.26. The number of hydrogen-bond acceptors (Lipinski definition) is 2. The molecule has 0 aliphatic carbocycles. The molecule has 1 fully saturated rings. The highest BCUT2D eigenvalue weighted by molar-refractivity contribution is 5.22. The van der Waals surface area contributed by atoms with E-state index in [1.807, 2.05) is 6.92 Å². The minimum Gasteiger partial charge on any atom is -0.388 e. The van der Waals surface area contributed by atoms with E-state index in [0.29, 0.717) is 0 Å². The molecule has 0 radical (unpaired) electrons. The molecular weight excluding hydrogens is 186 g/mol. The molecular formula is C13H23NO. The Hall–Kier alpha value is -0.340. The highest BCUT2D eigenvalue weighted by Gasteiger charge is 2.43. The first-order chi connectivity index (χ1) is 6.81. The van der Waals surface area contributed by atoms with E-state index in [4.69, 9.17) is 0 Å². The lowest BCUT2D eigenvalue weighted by atomic mass is 9.80. The second kappa shape index (κ2) is 3.33.